The zero-order valence-electron chi connectivity index (χ0n) is 15.7. The second-order valence-corrected chi connectivity index (χ2v) is 10.2. The summed E-state index contributed by atoms with van der Waals surface area (Å²) in [5.74, 6) is -1.14. The fraction of sp³-hybridized carbons (Fsp3) is 0.143. The van der Waals surface area contributed by atoms with E-state index < -0.39 is 5.97 Å². The Morgan fingerprint density at radius 1 is 0.828 bits per heavy atom. The van der Waals surface area contributed by atoms with Crippen LogP contribution in [0.15, 0.2) is 45.3 Å². The van der Waals surface area contributed by atoms with Gasteiger partial charge in [0.15, 0.2) is 0 Å². The van der Waals surface area contributed by atoms with Crippen LogP contribution in [0.2, 0.25) is 0 Å². The fourth-order valence-corrected chi connectivity index (χ4v) is 6.53. The molecule has 4 aromatic rings. The summed E-state index contributed by atoms with van der Waals surface area (Å²) >= 11 is 9.67. The van der Waals surface area contributed by atoms with Gasteiger partial charge in [-0.1, -0.05) is 31.9 Å². The molecule has 0 aliphatic heterocycles. The highest BCUT2D eigenvalue weighted by Crippen LogP contribution is 2.33. The first-order valence-electron chi connectivity index (χ1n) is 8.40. The van der Waals surface area contributed by atoms with E-state index in [9.17, 15) is 9.59 Å². The summed E-state index contributed by atoms with van der Waals surface area (Å²) in [5.41, 5.74) is 2.30. The van der Waals surface area contributed by atoms with Crippen LogP contribution in [-0.4, -0.2) is 24.2 Å². The molecular formula is C21H16Br2O4S2. The number of carboxylic acids is 1. The Labute approximate surface area is 192 Å². The summed E-state index contributed by atoms with van der Waals surface area (Å²) in [6.45, 7) is 4.02. The third kappa shape index (κ3) is 4.88. The fourth-order valence-electron chi connectivity index (χ4n) is 2.76. The van der Waals surface area contributed by atoms with Crippen molar-refractivity contribution in [2.24, 2.45) is 0 Å². The van der Waals surface area contributed by atoms with Gasteiger partial charge in [-0.05, 0) is 61.4 Å². The van der Waals surface area contributed by atoms with Crippen LogP contribution in [0, 0.1) is 13.8 Å². The lowest BCUT2D eigenvalue weighted by atomic mass is 10.2. The van der Waals surface area contributed by atoms with Crippen LogP contribution < -0.4 is 0 Å². The number of esters is 1. The number of halogens is 2. The summed E-state index contributed by atoms with van der Waals surface area (Å²) in [6, 6.07) is 11.6. The number of thiophene rings is 2. The van der Waals surface area contributed by atoms with E-state index in [1.165, 1.54) is 35.3 Å². The summed E-state index contributed by atoms with van der Waals surface area (Å²) in [4.78, 5) is 23.1. The van der Waals surface area contributed by atoms with Crippen LogP contribution in [0.5, 0.6) is 0 Å². The van der Waals surface area contributed by atoms with Crippen molar-refractivity contribution < 1.29 is 19.4 Å². The number of fused-ring (bicyclic) bond motifs is 2. The van der Waals surface area contributed by atoms with Gasteiger partial charge in [-0.2, -0.15) is 0 Å². The molecule has 4 rings (SSSR count). The number of carbonyl (C=O) groups is 2. The Kier molecular flexibility index (Phi) is 6.78. The topological polar surface area (TPSA) is 63.6 Å². The van der Waals surface area contributed by atoms with E-state index in [2.05, 4.69) is 37.9 Å². The zero-order chi connectivity index (χ0) is 21.3. The summed E-state index contributed by atoms with van der Waals surface area (Å²) in [6.07, 6.45) is 0. The molecule has 2 aromatic heterocycles. The molecule has 0 saturated carbocycles. The van der Waals surface area contributed by atoms with Crippen LogP contribution in [0.4, 0.5) is 0 Å². The molecule has 0 spiro atoms. The van der Waals surface area contributed by atoms with Crippen molar-refractivity contribution in [2.45, 2.75) is 13.8 Å². The number of methoxy groups -OCH3 is 1. The zero-order valence-corrected chi connectivity index (χ0v) is 20.5. The molecule has 29 heavy (non-hydrogen) atoms. The SMILES string of the molecule is COC(=O)c1cc2c(Br)cc(C)cc2s1.Cc1cc(Br)c2cc(C(=O)O)sc2c1. The van der Waals surface area contributed by atoms with Crippen LogP contribution in [0.25, 0.3) is 20.2 Å². The van der Waals surface area contributed by atoms with Gasteiger partial charge >= 0.3 is 11.9 Å². The van der Waals surface area contributed by atoms with E-state index in [-0.39, 0.29) is 5.97 Å². The number of ether oxygens (including phenoxy) is 1. The molecule has 8 heteroatoms. The molecule has 1 N–H and O–H groups in total. The summed E-state index contributed by atoms with van der Waals surface area (Å²) < 4.78 is 8.77. The van der Waals surface area contributed by atoms with Crippen molar-refractivity contribution in [2.75, 3.05) is 7.11 Å². The smallest absolute Gasteiger partial charge is 0.348 e. The molecule has 0 aliphatic rings. The largest absolute Gasteiger partial charge is 0.477 e. The quantitative estimate of drug-likeness (QED) is 0.261. The van der Waals surface area contributed by atoms with Gasteiger partial charge in [-0.25, -0.2) is 9.59 Å². The standard InChI is InChI=1S/C11H9BrO2S.C10H7BrO2S/c1-6-3-8(12)7-5-10(11(13)14-2)15-9(7)4-6;1-5-2-7(11)6-4-9(10(12)13)14-8(6)3-5/h3-5H,1-2H3;2-4H,1H3,(H,12,13). The van der Waals surface area contributed by atoms with Crippen molar-refractivity contribution in [3.8, 4) is 0 Å². The van der Waals surface area contributed by atoms with Gasteiger partial charge in [0.05, 0.1) is 7.11 Å². The predicted octanol–water partition coefficient (Wildman–Crippen LogP) is 7.43. The third-order valence-corrected chi connectivity index (χ3v) is 7.50. The van der Waals surface area contributed by atoms with Crippen LogP contribution in [0.1, 0.15) is 30.5 Å². The predicted molar refractivity (Wildman–Crippen MR) is 127 cm³/mol. The number of aryl methyl sites for hydroxylation is 2. The number of hydrogen-bond acceptors (Lipinski definition) is 5. The molecule has 0 radical (unpaired) electrons. The molecule has 4 nitrogen and oxygen atoms in total. The second kappa shape index (κ2) is 8.95. The normalized spacial score (nSPS) is 10.7. The Hall–Kier alpha value is -1.74. The maximum atomic E-state index is 11.4. The molecule has 2 aromatic carbocycles. The molecule has 2 heterocycles. The lowest BCUT2D eigenvalue weighted by Crippen LogP contribution is -1.96. The first-order chi connectivity index (χ1) is 13.7. The van der Waals surface area contributed by atoms with Gasteiger partial charge in [0.1, 0.15) is 9.75 Å². The average Bonchev–Trinajstić information content (AvgIpc) is 3.26. The third-order valence-electron chi connectivity index (χ3n) is 4.06. The highest BCUT2D eigenvalue weighted by atomic mass is 79.9. The molecule has 0 saturated heterocycles. The van der Waals surface area contributed by atoms with Crippen LogP contribution in [-0.2, 0) is 4.74 Å². The van der Waals surface area contributed by atoms with Crippen molar-refractivity contribution in [3.05, 3.63) is 66.2 Å². The van der Waals surface area contributed by atoms with Gasteiger partial charge in [-0.15, -0.1) is 22.7 Å². The molecule has 0 atom stereocenters. The molecule has 0 aliphatic carbocycles. The number of aromatic carboxylic acids is 1. The second-order valence-electron chi connectivity index (χ2n) is 6.34. The average molecular weight is 556 g/mol. The highest BCUT2D eigenvalue weighted by molar-refractivity contribution is 9.11. The molecule has 150 valence electrons. The van der Waals surface area contributed by atoms with Gasteiger partial charge in [-0.3, -0.25) is 0 Å². The van der Waals surface area contributed by atoms with Crippen LogP contribution >= 0.6 is 54.5 Å². The molecule has 0 fully saturated rings. The van der Waals surface area contributed by atoms with E-state index in [1.807, 2.05) is 38.1 Å². The molecular weight excluding hydrogens is 540 g/mol. The van der Waals surface area contributed by atoms with Gasteiger partial charge < -0.3 is 9.84 Å². The van der Waals surface area contributed by atoms with Crippen molar-refractivity contribution in [3.63, 3.8) is 0 Å². The van der Waals surface area contributed by atoms with E-state index in [0.29, 0.717) is 9.75 Å². The maximum Gasteiger partial charge on any atom is 0.348 e. The van der Waals surface area contributed by atoms with E-state index in [4.69, 9.17) is 9.84 Å². The minimum absolute atomic E-state index is 0.277. The van der Waals surface area contributed by atoms with Crippen molar-refractivity contribution in [1.29, 1.82) is 0 Å². The first kappa shape index (κ1) is 22.0. The number of benzene rings is 2. The molecule has 0 bridgehead atoms. The Morgan fingerprint density at radius 3 is 1.72 bits per heavy atom. The summed E-state index contributed by atoms with van der Waals surface area (Å²) in [5, 5.41) is 10.9. The van der Waals surface area contributed by atoms with Gasteiger partial charge in [0, 0.05) is 29.1 Å². The Balaban J connectivity index is 0.000000166. The lowest BCUT2D eigenvalue weighted by Gasteiger charge is -1.95. The number of carbonyl (C=O) groups excluding carboxylic acids is 1. The van der Waals surface area contributed by atoms with E-state index in [1.54, 1.807) is 6.07 Å². The maximum absolute atomic E-state index is 11.4. The van der Waals surface area contributed by atoms with Gasteiger partial charge in [0.25, 0.3) is 0 Å². The number of rotatable bonds is 2. The Bertz CT molecular complexity index is 1240. The lowest BCUT2D eigenvalue weighted by molar-refractivity contribution is 0.0605. The minimum atomic E-state index is -0.865. The Morgan fingerprint density at radius 2 is 1.28 bits per heavy atom. The highest BCUT2D eigenvalue weighted by Gasteiger charge is 2.12. The van der Waals surface area contributed by atoms with Crippen molar-refractivity contribution >= 4 is 86.6 Å². The summed E-state index contributed by atoms with van der Waals surface area (Å²) in [7, 11) is 1.40. The van der Waals surface area contributed by atoms with E-state index in [0.717, 1.165) is 34.7 Å². The van der Waals surface area contributed by atoms with Gasteiger partial charge in [0.2, 0.25) is 0 Å². The molecule has 0 amide bonds. The van der Waals surface area contributed by atoms with Crippen LogP contribution in [0.3, 0.4) is 0 Å². The van der Waals surface area contributed by atoms with E-state index >= 15 is 0 Å². The molecule has 0 unspecified atom stereocenters. The number of hydrogen-bond donors (Lipinski definition) is 1. The van der Waals surface area contributed by atoms with Crippen molar-refractivity contribution in [1.82, 2.24) is 0 Å². The monoisotopic (exact) mass is 554 g/mol. The minimum Gasteiger partial charge on any atom is -0.477 e. The number of carboxylic acid groups (broad SMARTS) is 1. The first-order valence-corrected chi connectivity index (χ1v) is 11.6.